The summed E-state index contributed by atoms with van der Waals surface area (Å²) in [7, 11) is 1.36. The number of rotatable bonds is 7. The first-order chi connectivity index (χ1) is 15.5. The Morgan fingerprint density at radius 3 is 2.50 bits per heavy atom. The SMILES string of the molecule is CC=c1ccc(C=Cc2cccc(C(=O)CCc3ccccc3C(=O)OC)c2)nc1=CC. The van der Waals surface area contributed by atoms with E-state index in [-0.39, 0.29) is 11.8 Å². The molecular formula is C28H27NO3. The molecule has 3 rings (SSSR count). The van der Waals surface area contributed by atoms with Crippen LogP contribution in [0.5, 0.6) is 0 Å². The lowest BCUT2D eigenvalue weighted by Gasteiger charge is -2.07. The zero-order valence-corrected chi connectivity index (χ0v) is 18.7. The van der Waals surface area contributed by atoms with E-state index >= 15 is 0 Å². The molecule has 3 aromatic rings. The number of pyridine rings is 1. The summed E-state index contributed by atoms with van der Waals surface area (Å²) in [4.78, 5) is 29.4. The van der Waals surface area contributed by atoms with Crippen LogP contribution in [0.4, 0.5) is 0 Å². The number of hydrogen-bond acceptors (Lipinski definition) is 4. The largest absolute Gasteiger partial charge is 0.465 e. The average molecular weight is 426 g/mol. The van der Waals surface area contributed by atoms with Crippen LogP contribution in [-0.2, 0) is 11.2 Å². The fourth-order valence-electron chi connectivity index (χ4n) is 3.51. The van der Waals surface area contributed by atoms with Crippen molar-refractivity contribution < 1.29 is 14.3 Å². The van der Waals surface area contributed by atoms with E-state index in [1.165, 1.54) is 7.11 Å². The molecule has 0 fully saturated rings. The van der Waals surface area contributed by atoms with Gasteiger partial charge in [-0.05, 0) is 60.9 Å². The van der Waals surface area contributed by atoms with Crippen LogP contribution >= 0.6 is 0 Å². The topological polar surface area (TPSA) is 56.3 Å². The van der Waals surface area contributed by atoms with Crippen LogP contribution < -0.4 is 10.6 Å². The fraction of sp³-hybridized carbons (Fsp3) is 0.179. The van der Waals surface area contributed by atoms with Crippen molar-refractivity contribution in [1.82, 2.24) is 4.98 Å². The maximum atomic E-state index is 12.8. The maximum absolute atomic E-state index is 12.8. The molecule has 4 nitrogen and oxygen atoms in total. The van der Waals surface area contributed by atoms with Gasteiger partial charge < -0.3 is 4.74 Å². The predicted molar refractivity (Wildman–Crippen MR) is 130 cm³/mol. The second kappa shape index (κ2) is 11.0. The molecule has 0 saturated carbocycles. The predicted octanol–water partition coefficient (Wildman–Crippen LogP) is 4.45. The van der Waals surface area contributed by atoms with Crippen molar-refractivity contribution in [2.24, 2.45) is 0 Å². The number of Topliss-reactive ketones (excluding diaryl/α,β-unsaturated/α-hetero) is 1. The highest BCUT2D eigenvalue weighted by molar-refractivity contribution is 5.97. The first kappa shape index (κ1) is 22.9. The summed E-state index contributed by atoms with van der Waals surface area (Å²) in [5.74, 6) is -0.355. The van der Waals surface area contributed by atoms with Crippen LogP contribution in [0.3, 0.4) is 0 Å². The van der Waals surface area contributed by atoms with E-state index in [0.29, 0.717) is 24.0 Å². The quantitative estimate of drug-likeness (QED) is 0.414. The van der Waals surface area contributed by atoms with Crippen molar-refractivity contribution in [3.05, 3.63) is 99.2 Å². The van der Waals surface area contributed by atoms with E-state index in [1.54, 1.807) is 12.1 Å². The molecule has 4 heteroatoms. The highest BCUT2D eigenvalue weighted by Crippen LogP contribution is 2.16. The first-order valence-electron chi connectivity index (χ1n) is 10.6. The molecule has 0 atom stereocenters. The Hall–Kier alpha value is -3.79. The third-order valence-corrected chi connectivity index (χ3v) is 5.26. The molecule has 1 heterocycles. The fourth-order valence-corrected chi connectivity index (χ4v) is 3.51. The summed E-state index contributed by atoms with van der Waals surface area (Å²) in [6, 6.07) is 18.8. The van der Waals surface area contributed by atoms with Gasteiger partial charge in [0.2, 0.25) is 0 Å². The van der Waals surface area contributed by atoms with E-state index in [0.717, 1.165) is 27.4 Å². The van der Waals surface area contributed by atoms with Gasteiger partial charge in [-0.1, -0.05) is 60.7 Å². The van der Waals surface area contributed by atoms with Crippen LogP contribution in [0, 0.1) is 0 Å². The molecule has 0 aliphatic rings. The van der Waals surface area contributed by atoms with Crippen molar-refractivity contribution in [1.29, 1.82) is 0 Å². The summed E-state index contributed by atoms with van der Waals surface area (Å²) >= 11 is 0. The molecule has 1 aromatic heterocycles. The van der Waals surface area contributed by atoms with Gasteiger partial charge in [-0.3, -0.25) is 4.79 Å². The zero-order chi connectivity index (χ0) is 22.9. The van der Waals surface area contributed by atoms with E-state index in [4.69, 9.17) is 4.74 Å². The summed E-state index contributed by atoms with van der Waals surface area (Å²) in [5.41, 5.74) is 3.75. The standard InChI is InChI=1S/C28H27NO3/c1-4-21-14-17-24(29-26(21)5-2)16-13-20-9-8-11-23(19-20)27(30)18-15-22-10-6-7-12-25(22)28(31)32-3/h4-14,16-17,19H,15,18H2,1-3H3. The molecule has 0 unspecified atom stereocenters. The third-order valence-electron chi connectivity index (χ3n) is 5.26. The van der Waals surface area contributed by atoms with Gasteiger partial charge in [0.15, 0.2) is 5.78 Å². The number of ketones is 1. The van der Waals surface area contributed by atoms with Gasteiger partial charge in [0.05, 0.1) is 23.7 Å². The van der Waals surface area contributed by atoms with E-state index in [2.05, 4.69) is 4.98 Å². The Morgan fingerprint density at radius 1 is 0.938 bits per heavy atom. The zero-order valence-electron chi connectivity index (χ0n) is 18.7. The number of hydrogen-bond donors (Lipinski definition) is 0. The molecule has 0 spiro atoms. The Morgan fingerprint density at radius 2 is 1.75 bits per heavy atom. The number of carbonyl (C=O) groups excluding carboxylic acids is 2. The lowest BCUT2D eigenvalue weighted by atomic mass is 9.98. The minimum atomic E-state index is -0.387. The minimum Gasteiger partial charge on any atom is -0.465 e. The summed E-state index contributed by atoms with van der Waals surface area (Å²) in [5, 5.41) is 2.05. The number of methoxy groups -OCH3 is 1. The van der Waals surface area contributed by atoms with Gasteiger partial charge in [-0.2, -0.15) is 0 Å². The molecule has 0 aliphatic heterocycles. The number of nitrogens with zero attached hydrogens (tertiary/aromatic N) is 1. The molecule has 0 amide bonds. The average Bonchev–Trinajstić information content (AvgIpc) is 2.85. The smallest absolute Gasteiger partial charge is 0.338 e. The Bertz CT molecular complexity index is 1270. The summed E-state index contributed by atoms with van der Waals surface area (Å²) in [6.45, 7) is 3.97. The lowest BCUT2D eigenvalue weighted by Crippen LogP contribution is -2.27. The van der Waals surface area contributed by atoms with E-state index in [1.807, 2.05) is 86.7 Å². The molecule has 0 bridgehead atoms. The van der Waals surface area contributed by atoms with Gasteiger partial charge >= 0.3 is 5.97 Å². The molecular weight excluding hydrogens is 398 g/mol. The van der Waals surface area contributed by atoms with Crippen molar-refractivity contribution in [3.63, 3.8) is 0 Å². The van der Waals surface area contributed by atoms with Gasteiger partial charge in [0.25, 0.3) is 0 Å². The van der Waals surface area contributed by atoms with Crippen molar-refractivity contribution >= 4 is 36.1 Å². The summed E-state index contributed by atoms with van der Waals surface area (Å²) in [6.07, 6.45) is 8.72. The van der Waals surface area contributed by atoms with Gasteiger partial charge in [0.1, 0.15) is 0 Å². The molecule has 0 aliphatic carbocycles. The van der Waals surface area contributed by atoms with Crippen LogP contribution in [0.15, 0.2) is 60.7 Å². The van der Waals surface area contributed by atoms with Crippen LogP contribution in [-0.4, -0.2) is 23.8 Å². The number of carbonyl (C=O) groups is 2. The molecule has 0 radical (unpaired) electrons. The second-order valence-electron chi connectivity index (χ2n) is 7.32. The number of ether oxygens (including phenoxy) is 1. The van der Waals surface area contributed by atoms with Crippen LogP contribution in [0.2, 0.25) is 0 Å². The van der Waals surface area contributed by atoms with Crippen LogP contribution in [0.25, 0.3) is 24.3 Å². The van der Waals surface area contributed by atoms with Crippen molar-refractivity contribution in [2.75, 3.05) is 7.11 Å². The first-order valence-corrected chi connectivity index (χ1v) is 10.6. The number of aromatic nitrogens is 1. The number of esters is 1. The van der Waals surface area contributed by atoms with E-state index < -0.39 is 0 Å². The van der Waals surface area contributed by atoms with Crippen LogP contribution in [0.1, 0.15) is 57.8 Å². The Balaban J connectivity index is 1.73. The monoisotopic (exact) mass is 425 g/mol. The summed E-state index contributed by atoms with van der Waals surface area (Å²) < 4.78 is 4.83. The molecule has 32 heavy (non-hydrogen) atoms. The van der Waals surface area contributed by atoms with Gasteiger partial charge in [-0.15, -0.1) is 0 Å². The normalized spacial score (nSPS) is 12.3. The van der Waals surface area contributed by atoms with Gasteiger partial charge in [0, 0.05) is 12.0 Å². The van der Waals surface area contributed by atoms with Crippen molar-refractivity contribution in [2.45, 2.75) is 26.7 Å². The molecule has 2 aromatic carbocycles. The second-order valence-corrected chi connectivity index (χ2v) is 7.32. The molecule has 0 N–H and O–H groups in total. The molecule has 162 valence electrons. The van der Waals surface area contributed by atoms with Gasteiger partial charge in [-0.25, -0.2) is 9.78 Å². The highest BCUT2D eigenvalue weighted by atomic mass is 16.5. The van der Waals surface area contributed by atoms with Crippen molar-refractivity contribution in [3.8, 4) is 0 Å². The maximum Gasteiger partial charge on any atom is 0.338 e. The highest BCUT2D eigenvalue weighted by Gasteiger charge is 2.13. The third kappa shape index (κ3) is 5.67. The van der Waals surface area contributed by atoms with E-state index in [9.17, 15) is 9.59 Å². The number of benzene rings is 2. The number of aryl methyl sites for hydroxylation is 1. The minimum absolute atomic E-state index is 0.0312. The lowest BCUT2D eigenvalue weighted by molar-refractivity contribution is 0.0599. The Kier molecular flexibility index (Phi) is 7.87. The molecule has 0 saturated heterocycles. The Labute approximate surface area is 188 Å².